The van der Waals surface area contributed by atoms with E-state index in [0.29, 0.717) is 11.8 Å². The van der Waals surface area contributed by atoms with E-state index in [-0.39, 0.29) is 18.1 Å². The first-order valence-corrected chi connectivity index (χ1v) is 8.34. The Morgan fingerprint density at radius 3 is 2.91 bits per heavy atom. The molecule has 0 aromatic carbocycles. The van der Waals surface area contributed by atoms with E-state index < -0.39 is 5.60 Å². The van der Waals surface area contributed by atoms with Gasteiger partial charge >= 0.3 is 12.1 Å². The number of likely N-dealkylation sites (tertiary alicyclic amines) is 1. The highest BCUT2D eigenvalue weighted by Crippen LogP contribution is 2.22. The number of carbonyl (C=O) groups is 1. The average molecular weight is 342 g/mol. The maximum Gasteiger partial charge on any atom is 0.410 e. The van der Waals surface area contributed by atoms with Crippen LogP contribution >= 0.6 is 11.6 Å². The van der Waals surface area contributed by atoms with Crippen molar-refractivity contribution in [1.82, 2.24) is 14.9 Å². The number of ether oxygens (including phenoxy) is 2. The topological polar surface area (TPSA) is 64.5 Å². The molecule has 6 nitrogen and oxygen atoms in total. The Hall–Kier alpha value is -1.56. The van der Waals surface area contributed by atoms with E-state index in [1.165, 1.54) is 0 Å². The van der Waals surface area contributed by atoms with Crippen LogP contribution in [-0.2, 0) is 4.74 Å². The third-order valence-corrected chi connectivity index (χ3v) is 3.75. The molecule has 1 fully saturated rings. The SMILES string of the molecule is CC(C)(C)OC(=O)N1CCCC[C@H]1CCOc1nccc(Cl)n1. The molecule has 0 unspecified atom stereocenters. The fourth-order valence-electron chi connectivity index (χ4n) is 2.54. The highest BCUT2D eigenvalue weighted by Gasteiger charge is 2.30. The summed E-state index contributed by atoms with van der Waals surface area (Å²) in [6.45, 7) is 6.80. The van der Waals surface area contributed by atoms with Gasteiger partial charge in [-0.3, -0.25) is 0 Å². The summed E-state index contributed by atoms with van der Waals surface area (Å²) in [5, 5.41) is 0.350. The lowest BCUT2D eigenvalue weighted by atomic mass is 10.0. The average Bonchev–Trinajstić information content (AvgIpc) is 2.46. The van der Waals surface area contributed by atoms with Gasteiger partial charge in [-0.2, -0.15) is 4.98 Å². The lowest BCUT2D eigenvalue weighted by molar-refractivity contribution is 0.00732. The number of carbonyl (C=O) groups excluding carboxylic acids is 1. The van der Waals surface area contributed by atoms with Crippen molar-refractivity contribution in [2.45, 2.75) is 58.1 Å². The summed E-state index contributed by atoms with van der Waals surface area (Å²) in [5.41, 5.74) is -0.482. The van der Waals surface area contributed by atoms with Crippen LogP contribution in [0.15, 0.2) is 12.3 Å². The Balaban J connectivity index is 1.87. The molecular formula is C16H24ClN3O3. The summed E-state index contributed by atoms with van der Waals surface area (Å²) in [6.07, 6.45) is 5.10. The van der Waals surface area contributed by atoms with Crippen molar-refractivity contribution < 1.29 is 14.3 Å². The Bertz CT molecular complexity index is 534. The minimum absolute atomic E-state index is 0.123. The molecular weight excluding hydrogens is 318 g/mol. The molecule has 2 heterocycles. The van der Waals surface area contributed by atoms with E-state index in [4.69, 9.17) is 21.1 Å². The van der Waals surface area contributed by atoms with E-state index in [0.717, 1.165) is 32.2 Å². The van der Waals surface area contributed by atoms with Crippen LogP contribution in [0.4, 0.5) is 4.79 Å². The third kappa shape index (κ3) is 5.86. The Morgan fingerprint density at radius 1 is 1.43 bits per heavy atom. The van der Waals surface area contributed by atoms with Crippen molar-refractivity contribution in [3.63, 3.8) is 0 Å². The maximum atomic E-state index is 12.3. The van der Waals surface area contributed by atoms with Gasteiger partial charge < -0.3 is 14.4 Å². The second kappa shape index (κ2) is 7.81. The number of piperidine rings is 1. The van der Waals surface area contributed by atoms with Gasteiger partial charge in [-0.05, 0) is 46.1 Å². The van der Waals surface area contributed by atoms with Crippen LogP contribution in [0, 0.1) is 0 Å². The van der Waals surface area contributed by atoms with Crippen LogP contribution in [-0.4, -0.2) is 45.8 Å². The van der Waals surface area contributed by atoms with Gasteiger partial charge in [-0.1, -0.05) is 11.6 Å². The van der Waals surface area contributed by atoms with Gasteiger partial charge in [-0.25, -0.2) is 9.78 Å². The largest absolute Gasteiger partial charge is 0.463 e. The van der Waals surface area contributed by atoms with Crippen molar-refractivity contribution in [3.8, 4) is 6.01 Å². The summed E-state index contributed by atoms with van der Waals surface area (Å²) in [6, 6.07) is 1.98. The third-order valence-electron chi connectivity index (χ3n) is 3.54. The molecule has 0 spiro atoms. The summed E-state index contributed by atoms with van der Waals surface area (Å²) < 4.78 is 11.0. The number of hydrogen-bond acceptors (Lipinski definition) is 5. The number of amides is 1. The van der Waals surface area contributed by atoms with Gasteiger partial charge in [0.15, 0.2) is 0 Å². The van der Waals surface area contributed by atoms with Crippen LogP contribution in [0.2, 0.25) is 5.15 Å². The molecule has 7 heteroatoms. The highest BCUT2D eigenvalue weighted by molar-refractivity contribution is 6.29. The van der Waals surface area contributed by atoms with Crippen LogP contribution in [0.25, 0.3) is 0 Å². The summed E-state index contributed by atoms with van der Waals surface area (Å²) in [4.78, 5) is 22.1. The van der Waals surface area contributed by atoms with E-state index in [1.807, 2.05) is 25.7 Å². The summed E-state index contributed by atoms with van der Waals surface area (Å²) >= 11 is 5.80. The monoisotopic (exact) mass is 341 g/mol. The number of nitrogens with zero attached hydrogens (tertiary/aromatic N) is 3. The molecule has 1 aliphatic heterocycles. The molecule has 1 saturated heterocycles. The van der Waals surface area contributed by atoms with Crippen LogP contribution in [0.5, 0.6) is 6.01 Å². The molecule has 1 aromatic heterocycles. The van der Waals surface area contributed by atoms with E-state index >= 15 is 0 Å². The Labute approximate surface area is 142 Å². The fourth-order valence-corrected chi connectivity index (χ4v) is 2.67. The molecule has 23 heavy (non-hydrogen) atoms. The quantitative estimate of drug-likeness (QED) is 0.781. The first kappa shape index (κ1) is 17.8. The minimum Gasteiger partial charge on any atom is -0.463 e. The Kier molecular flexibility index (Phi) is 6.04. The lowest BCUT2D eigenvalue weighted by Crippen LogP contribution is -2.46. The normalized spacial score (nSPS) is 18.6. The number of aromatic nitrogens is 2. The van der Waals surface area contributed by atoms with Crippen molar-refractivity contribution in [2.75, 3.05) is 13.2 Å². The van der Waals surface area contributed by atoms with E-state index in [9.17, 15) is 4.79 Å². The second-order valence-electron chi connectivity index (χ2n) is 6.62. The van der Waals surface area contributed by atoms with Crippen LogP contribution < -0.4 is 4.74 Å². The number of halogens is 1. The molecule has 0 radical (unpaired) electrons. The van der Waals surface area contributed by atoms with Gasteiger partial charge in [0.1, 0.15) is 10.8 Å². The van der Waals surface area contributed by atoms with Gasteiger partial charge in [0, 0.05) is 25.2 Å². The zero-order chi connectivity index (χ0) is 16.9. The first-order valence-electron chi connectivity index (χ1n) is 7.96. The molecule has 2 rings (SSSR count). The zero-order valence-corrected chi connectivity index (χ0v) is 14.7. The molecule has 0 N–H and O–H groups in total. The van der Waals surface area contributed by atoms with Crippen molar-refractivity contribution in [2.24, 2.45) is 0 Å². The molecule has 1 aromatic rings. The first-order chi connectivity index (χ1) is 10.8. The molecule has 128 valence electrons. The van der Waals surface area contributed by atoms with Gasteiger partial charge in [-0.15, -0.1) is 0 Å². The minimum atomic E-state index is -0.482. The molecule has 0 bridgehead atoms. The fraction of sp³-hybridized carbons (Fsp3) is 0.688. The smallest absolute Gasteiger partial charge is 0.410 e. The standard InChI is InChI=1S/C16H24ClN3O3/c1-16(2,3)23-15(21)20-10-5-4-6-12(20)8-11-22-14-18-9-7-13(17)19-14/h7,9,12H,4-6,8,10-11H2,1-3H3/t12-/m0/s1. The van der Waals surface area contributed by atoms with Crippen LogP contribution in [0.1, 0.15) is 46.5 Å². The summed E-state index contributed by atoms with van der Waals surface area (Å²) in [5.74, 6) is 0. The summed E-state index contributed by atoms with van der Waals surface area (Å²) in [7, 11) is 0. The maximum absolute atomic E-state index is 12.3. The molecule has 1 atom stereocenters. The van der Waals surface area contributed by atoms with Gasteiger partial charge in [0.05, 0.1) is 6.61 Å². The van der Waals surface area contributed by atoms with E-state index in [2.05, 4.69) is 9.97 Å². The van der Waals surface area contributed by atoms with Crippen molar-refractivity contribution in [1.29, 1.82) is 0 Å². The Morgan fingerprint density at radius 2 is 2.22 bits per heavy atom. The molecule has 0 aliphatic carbocycles. The zero-order valence-electron chi connectivity index (χ0n) is 13.9. The molecule has 0 saturated carbocycles. The van der Waals surface area contributed by atoms with E-state index in [1.54, 1.807) is 12.3 Å². The lowest BCUT2D eigenvalue weighted by Gasteiger charge is -2.36. The molecule has 1 amide bonds. The predicted octanol–water partition coefficient (Wildman–Crippen LogP) is 3.69. The van der Waals surface area contributed by atoms with Crippen molar-refractivity contribution >= 4 is 17.7 Å². The predicted molar refractivity (Wildman–Crippen MR) is 87.7 cm³/mol. The van der Waals surface area contributed by atoms with Gasteiger partial charge in [0.25, 0.3) is 0 Å². The van der Waals surface area contributed by atoms with Gasteiger partial charge in [0.2, 0.25) is 0 Å². The van der Waals surface area contributed by atoms with Crippen molar-refractivity contribution in [3.05, 3.63) is 17.4 Å². The molecule has 1 aliphatic rings. The number of rotatable bonds is 4. The second-order valence-corrected chi connectivity index (χ2v) is 7.01. The highest BCUT2D eigenvalue weighted by atomic mass is 35.5. The van der Waals surface area contributed by atoms with Crippen LogP contribution in [0.3, 0.4) is 0 Å². The number of hydrogen-bond donors (Lipinski definition) is 0.